The van der Waals surface area contributed by atoms with E-state index in [2.05, 4.69) is 5.32 Å². The van der Waals surface area contributed by atoms with E-state index in [0.717, 1.165) is 0 Å². The van der Waals surface area contributed by atoms with Crippen LogP contribution in [0.2, 0.25) is 10.0 Å². The quantitative estimate of drug-likeness (QED) is 0.183. The molecule has 0 heterocycles. The fourth-order valence-electron chi connectivity index (χ4n) is 2.46. The van der Waals surface area contributed by atoms with Gasteiger partial charge in [0.25, 0.3) is 5.91 Å². The number of ether oxygens (including phenoxy) is 2. The van der Waals surface area contributed by atoms with Crippen molar-refractivity contribution in [3.05, 3.63) is 63.6 Å². The number of hydrogen-bond donors (Lipinski definition) is 1. The van der Waals surface area contributed by atoms with Crippen molar-refractivity contribution in [2.24, 2.45) is 0 Å². The van der Waals surface area contributed by atoms with E-state index in [9.17, 15) is 14.9 Å². The maximum absolute atomic E-state index is 12.0. The molecule has 2 aromatic carbocycles. The predicted octanol–water partition coefficient (Wildman–Crippen LogP) is 5.19. The van der Waals surface area contributed by atoms with E-state index < -0.39 is 11.9 Å². The first-order valence-corrected chi connectivity index (χ1v) is 10.4. The van der Waals surface area contributed by atoms with E-state index in [1.807, 2.05) is 19.9 Å². The normalized spacial score (nSPS) is 11.0. The number of carbonyl (C=O) groups is 2. The van der Waals surface area contributed by atoms with E-state index >= 15 is 0 Å². The Balaban J connectivity index is 1.82. The van der Waals surface area contributed by atoms with Gasteiger partial charge in [0.2, 0.25) is 0 Å². The summed E-state index contributed by atoms with van der Waals surface area (Å²) in [6.07, 6.45) is 2.10. The maximum atomic E-state index is 12.0. The lowest BCUT2D eigenvalue weighted by Gasteiger charge is -2.08. The average molecular weight is 461 g/mol. The number of carbonyl (C=O) groups excluding carboxylic acids is 2. The van der Waals surface area contributed by atoms with Gasteiger partial charge in [-0.2, -0.15) is 5.26 Å². The molecule has 0 aliphatic heterocycles. The van der Waals surface area contributed by atoms with E-state index in [0.29, 0.717) is 40.1 Å². The third-order valence-corrected chi connectivity index (χ3v) is 4.41. The molecule has 0 fully saturated rings. The van der Waals surface area contributed by atoms with Crippen molar-refractivity contribution >= 4 is 41.2 Å². The Bertz CT molecular complexity index is 996. The Morgan fingerprint density at radius 3 is 2.48 bits per heavy atom. The molecule has 0 unspecified atom stereocenters. The molecule has 0 aromatic heterocycles. The highest BCUT2D eigenvalue weighted by Crippen LogP contribution is 2.27. The SMILES string of the molecule is CC(C)NC(=O)C(C#N)=Cc1ccc(OC(=O)CCCOc2ccc(Cl)cc2Cl)cc1. The molecular weight excluding hydrogens is 439 g/mol. The molecule has 0 saturated heterocycles. The van der Waals surface area contributed by atoms with Crippen molar-refractivity contribution in [2.75, 3.05) is 6.61 Å². The molecule has 2 aromatic rings. The molecule has 0 aliphatic rings. The first kappa shape index (κ1) is 24.3. The van der Waals surface area contributed by atoms with Gasteiger partial charge in [-0.15, -0.1) is 0 Å². The number of nitrogens with zero attached hydrogens (tertiary/aromatic N) is 1. The van der Waals surface area contributed by atoms with Gasteiger partial charge in [-0.25, -0.2) is 0 Å². The minimum Gasteiger partial charge on any atom is -0.492 e. The monoisotopic (exact) mass is 460 g/mol. The minimum absolute atomic E-state index is 0.000708. The molecule has 8 heteroatoms. The van der Waals surface area contributed by atoms with Crippen LogP contribution in [0.5, 0.6) is 11.5 Å². The second-order valence-corrected chi connectivity index (χ2v) is 7.71. The predicted molar refractivity (Wildman–Crippen MR) is 120 cm³/mol. The Morgan fingerprint density at radius 2 is 1.87 bits per heavy atom. The molecule has 31 heavy (non-hydrogen) atoms. The topological polar surface area (TPSA) is 88.4 Å². The molecule has 6 nitrogen and oxygen atoms in total. The van der Waals surface area contributed by atoms with Crippen LogP contribution in [-0.2, 0) is 9.59 Å². The summed E-state index contributed by atoms with van der Waals surface area (Å²) in [5.74, 6) is 0.0362. The molecule has 0 spiro atoms. The van der Waals surface area contributed by atoms with Crippen LogP contribution in [0.15, 0.2) is 48.0 Å². The third kappa shape index (κ3) is 8.33. The number of amides is 1. The van der Waals surface area contributed by atoms with E-state index in [1.54, 1.807) is 42.5 Å². The van der Waals surface area contributed by atoms with Crippen LogP contribution in [0.25, 0.3) is 6.08 Å². The molecular formula is C23H22Cl2N2O4. The number of rotatable bonds is 9. The number of nitriles is 1. The van der Waals surface area contributed by atoms with Crippen molar-refractivity contribution < 1.29 is 19.1 Å². The van der Waals surface area contributed by atoms with Gasteiger partial charge < -0.3 is 14.8 Å². The van der Waals surface area contributed by atoms with Crippen molar-refractivity contribution in [1.29, 1.82) is 5.26 Å². The molecule has 2 rings (SSSR count). The molecule has 0 aliphatic carbocycles. The van der Waals surface area contributed by atoms with Crippen LogP contribution in [0, 0.1) is 11.3 Å². The molecule has 0 atom stereocenters. The smallest absolute Gasteiger partial charge is 0.311 e. The molecule has 1 N–H and O–H groups in total. The minimum atomic E-state index is -0.435. The van der Waals surface area contributed by atoms with Gasteiger partial charge in [0.1, 0.15) is 23.1 Å². The van der Waals surface area contributed by atoms with E-state index in [1.165, 1.54) is 6.08 Å². The molecule has 1 amide bonds. The summed E-state index contributed by atoms with van der Waals surface area (Å²) >= 11 is 11.9. The largest absolute Gasteiger partial charge is 0.492 e. The Morgan fingerprint density at radius 1 is 1.16 bits per heavy atom. The lowest BCUT2D eigenvalue weighted by Crippen LogP contribution is -2.30. The van der Waals surface area contributed by atoms with Gasteiger partial charge in [-0.3, -0.25) is 9.59 Å². The molecule has 0 radical (unpaired) electrons. The Kier molecular flexibility index (Phi) is 9.39. The summed E-state index contributed by atoms with van der Waals surface area (Å²) in [7, 11) is 0. The lowest BCUT2D eigenvalue weighted by molar-refractivity contribution is -0.134. The zero-order chi connectivity index (χ0) is 22.8. The van der Waals surface area contributed by atoms with Crippen LogP contribution in [-0.4, -0.2) is 24.5 Å². The highest BCUT2D eigenvalue weighted by atomic mass is 35.5. The lowest BCUT2D eigenvalue weighted by atomic mass is 10.1. The molecule has 0 saturated carbocycles. The molecule has 0 bridgehead atoms. The van der Waals surface area contributed by atoms with Gasteiger partial charge in [0.15, 0.2) is 0 Å². The van der Waals surface area contributed by atoms with Crippen molar-refractivity contribution in [1.82, 2.24) is 5.32 Å². The van der Waals surface area contributed by atoms with Gasteiger partial charge in [-0.1, -0.05) is 35.3 Å². The van der Waals surface area contributed by atoms with Crippen LogP contribution < -0.4 is 14.8 Å². The maximum Gasteiger partial charge on any atom is 0.311 e. The number of benzene rings is 2. The molecule has 162 valence electrons. The number of nitrogens with one attached hydrogen (secondary N) is 1. The standard InChI is InChI=1S/C23H22Cl2N2O4/c1-15(2)27-23(29)17(14-26)12-16-5-8-19(9-6-16)31-22(28)4-3-11-30-21-10-7-18(24)13-20(21)25/h5-10,12-13,15H,3-4,11H2,1-2H3,(H,27,29). The van der Waals surface area contributed by atoms with Gasteiger partial charge in [0, 0.05) is 17.5 Å². The number of hydrogen-bond acceptors (Lipinski definition) is 5. The summed E-state index contributed by atoms with van der Waals surface area (Å²) in [5, 5.41) is 12.8. The van der Waals surface area contributed by atoms with Crippen molar-refractivity contribution in [2.45, 2.75) is 32.7 Å². The van der Waals surface area contributed by atoms with Crippen LogP contribution in [0.3, 0.4) is 0 Å². The van der Waals surface area contributed by atoms with E-state index in [-0.39, 0.29) is 18.0 Å². The number of halogens is 2. The summed E-state index contributed by atoms with van der Waals surface area (Å²) in [6.45, 7) is 3.93. The third-order valence-electron chi connectivity index (χ3n) is 3.88. The summed E-state index contributed by atoms with van der Waals surface area (Å²) < 4.78 is 10.8. The second-order valence-electron chi connectivity index (χ2n) is 6.87. The van der Waals surface area contributed by atoms with Crippen molar-refractivity contribution in [3.63, 3.8) is 0 Å². The highest BCUT2D eigenvalue weighted by Gasteiger charge is 2.10. The summed E-state index contributed by atoms with van der Waals surface area (Å²) in [6, 6.07) is 13.3. The second kappa shape index (κ2) is 12.0. The highest BCUT2D eigenvalue weighted by molar-refractivity contribution is 6.35. The van der Waals surface area contributed by atoms with Crippen LogP contribution in [0.4, 0.5) is 0 Å². The van der Waals surface area contributed by atoms with Crippen LogP contribution >= 0.6 is 23.2 Å². The van der Waals surface area contributed by atoms with Gasteiger partial charge >= 0.3 is 5.97 Å². The first-order valence-electron chi connectivity index (χ1n) is 9.59. The summed E-state index contributed by atoms with van der Waals surface area (Å²) in [4.78, 5) is 24.0. The number of esters is 1. The van der Waals surface area contributed by atoms with Crippen molar-refractivity contribution in [3.8, 4) is 17.6 Å². The zero-order valence-electron chi connectivity index (χ0n) is 17.2. The van der Waals surface area contributed by atoms with E-state index in [4.69, 9.17) is 32.7 Å². The fourth-order valence-corrected chi connectivity index (χ4v) is 2.92. The summed E-state index contributed by atoms with van der Waals surface area (Å²) in [5.41, 5.74) is 0.641. The zero-order valence-corrected chi connectivity index (χ0v) is 18.7. The average Bonchev–Trinajstić information content (AvgIpc) is 2.71. The Labute approximate surface area is 191 Å². The first-order chi connectivity index (χ1) is 14.8. The Hall–Kier alpha value is -3.01. The van der Waals surface area contributed by atoms with Gasteiger partial charge in [-0.05, 0) is 62.2 Å². The van der Waals surface area contributed by atoms with Crippen LogP contribution in [0.1, 0.15) is 32.3 Å². The fraction of sp³-hybridized carbons (Fsp3) is 0.261. The van der Waals surface area contributed by atoms with Gasteiger partial charge in [0.05, 0.1) is 11.6 Å².